The van der Waals surface area contributed by atoms with E-state index >= 15 is 0 Å². The molecule has 0 spiro atoms. The second kappa shape index (κ2) is 14.1. The molecule has 8 rings (SSSR count). The Morgan fingerprint density at radius 3 is 0.660 bits per heavy atom. The van der Waals surface area contributed by atoms with Crippen molar-refractivity contribution in [2.45, 2.75) is 0 Å². The van der Waals surface area contributed by atoms with Crippen molar-refractivity contribution in [1.82, 2.24) is 0 Å². The standard InChI is InChI=1S/C46H36N2P2/c1-7-21-37(22-8-1)49(38-23-9-2-10-24-38,39-25-11-3-12-26-39)47-45-35-19-34-44-43(45)33-20-36-46(44)48-50(40-27-13-4-14-28-40,41-29-15-5-16-30-41)42-31-17-6-18-32-42/h1-36H. The lowest BCUT2D eigenvalue weighted by Crippen LogP contribution is -2.25. The molecule has 240 valence electrons. The van der Waals surface area contributed by atoms with Crippen molar-refractivity contribution in [3.8, 4) is 0 Å². The van der Waals surface area contributed by atoms with Crippen LogP contribution in [0.2, 0.25) is 0 Å². The molecule has 8 aromatic rings. The van der Waals surface area contributed by atoms with E-state index in [1.54, 1.807) is 0 Å². The maximum atomic E-state index is 5.92. The van der Waals surface area contributed by atoms with Crippen LogP contribution in [0, 0.1) is 0 Å². The van der Waals surface area contributed by atoms with Crippen LogP contribution in [0.4, 0.5) is 11.4 Å². The first-order valence-corrected chi connectivity index (χ1v) is 20.4. The lowest BCUT2D eigenvalue weighted by Gasteiger charge is -2.28. The van der Waals surface area contributed by atoms with Gasteiger partial charge in [-0.3, -0.25) is 9.49 Å². The summed E-state index contributed by atoms with van der Waals surface area (Å²) in [5.41, 5.74) is 1.93. The monoisotopic (exact) mass is 678 g/mol. The van der Waals surface area contributed by atoms with E-state index in [1.165, 1.54) is 31.8 Å². The number of rotatable bonds is 8. The van der Waals surface area contributed by atoms with Crippen LogP contribution in [-0.4, -0.2) is 0 Å². The quantitative estimate of drug-likeness (QED) is 0.143. The first-order valence-electron chi connectivity index (χ1n) is 16.9. The van der Waals surface area contributed by atoms with Gasteiger partial charge >= 0.3 is 0 Å². The highest BCUT2D eigenvalue weighted by Gasteiger charge is 2.29. The molecule has 0 N–H and O–H groups in total. The number of benzene rings is 8. The number of hydrogen-bond acceptors (Lipinski definition) is 2. The molecule has 0 fully saturated rings. The molecular formula is C46H36N2P2. The van der Waals surface area contributed by atoms with Gasteiger partial charge in [0.2, 0.25) is 0 Å². The lowest BCUT2D eigenvalue weighted by atomic mass is 10.1. The van der Waals surface area contributed by atoms with Crippen LogP contribution < -0.4 is 31.8 Å². The largest absolute Gasteiger partial charge is 0.253 e. The summed E-state index contributed by atoms with van der Waals surface area (Å²) in [6.07, 6.45) is 0. The summed E-state index contributed by atoms with van der Waals surface area (Å²) in [6, 6.07) is 78.0. The molecule has 0 aliphatic rings. The fourth-order valence-corrected chi connectivity index (χ4v) is 14.0. The third kappa shape index (κ3) is 5.78. The Balaban J connectivity index is 1.47. The van der Waals surface area contributed by atoms with Crippen molar-refractivity contribution in [3.05, 3.63) is 218 Å². The van der Waals surface area contributed by atoms with Crippen molar-refractivity contribution in [3.63, 3.8) is 0 Å². The summed E-state index contributed by atoms with van der Waals surface area (Å²) in [4.78, 5) is 0. The van der Waals surface area contributed by atoms with E-state index in [1.807, 2.05) is 0 Å². The minimum atomic E-state index is -2.48. The Morgan fingerprint density at radius 1 is 0.220 bits per heavy atom. The fraction of sp³-hybridized carbons (Fsp3) is 0. The first-order chi connectivity index (χ1) is 24.8. The average molecular weight is 679 g/mol. The molecule has 0 atom stereocenters. The second-order valence-corrected chi connectivity index (χ2v) is 18.2. The molecule has 0 saturated carbocycles. The van der Waals surface area contributed by atoms with Gasteiger partial charge < -0.3 is 0 Å². The summed E-state index contributed by atoms with van der Waals surface area (Å²) in [7, 11) is -4.96. The summed E-state index contributed by atoms with van der Waals surface area (Å²) in [5, 5.41) is 9.50. The highest BCUT2D eigenvalue weighted by atomic mass is 31.2. The second-order valence-electron chi connectivity index (χ2n) is 12.1. The van der Waals surface area contributed by atoms with Crippen molar-refractivity contribution < 1.29 is 0 Å². The molecule has 8 aromatic carbocycles. The van der Waals surface area contributed by atoms with Gasteiger partial charge in [-0.25, -0.2) is 0 Å². The maximum absolute atomic E-state index is 5.92. The van der Waals surface area contributed by atoms with Gasteiger partial charge in [-0.2, -0.15) is 0 Å². The molecule has 50 heavy (non-hydrogen) atoms. The Bertz CT molecular complexity index is 2080. The maximum Gasteiger partial charge on any atom is 0.0704 e. The first kappa shape index (κ1) is 31.7. The molecule has 0 saturated heterocycles. The molecule has 0 aliphatic carbocycles. The van der Waals surface area contributed by atoms with Gasteiger partial charge in [0, 0.05) is 42.6 Å². The molecular weight excluding hydrogens is 642 g/mol. The predicted octanol–water partition coefficient (Wildman–Crippen LogP) is 10.5. The zero-order valence-corrected chi connectivity index (χ0v) is 29.4. The third-order valence-corrected chi connectivity index (χ3v) is 16.5. The highest BCUT2D eigenvalue weighted by molar-refractivity contribution is 7.88. The Labute approximate surface area is 294 Å². The van der Waals surface area contributed by atoms with Crippen LogP contribution in [0.1, 0.15) is 0 Å². The number of hydrogen-bond donors (Lipinski definition) is 0. The van der Waals surface area contributed by atoms with Gasteiger partial charge in [0.1, 0.15) is 0 Å². The van der Waals surface area contributed by atoms with Gasteiger partial charge in [0.05, 0.1) is 25.5 Å². The van der Waals surface area contributed by atoms with Gasteiger partial charge in [-0.15, -0.1) is 0 Å². The summed E-state index contributed by atoms with van der Waals surface area (Å²) in [5.74, 6) is 0. The molecule has 0 heterocycles. The smallest absolute Gasteiger partial charge is 0.0704 e. The van der Waals surface area contributed by atoms with Crippen LogP contribution in [0.25, 0.3) is 10.8 Å². The third-order valence-electron chi connectivity index (χ3n) is 9.17. The zero-order chi connectivity index (χ0) is 33.6. The van der Waals surface area contributed by atoms with Crippen LogP contribution in [-0.2, 0) is 0 Å². The van der Waals surface area contributed by atoms with Gasteiger partial charge in [0.15, 0.2) is 0 Å². The summed E-state index contributed by atoms with van der Waals surface area (Å²) < 4.78 is 11.8. The van der Waals surface area contributed by atoms with Crippen molar-refractivity contribution in [1.29, 1.82) is 0 Å². The van der Waals surface area contributed by atoms with E-state index in [0.29, 0.717) is 0 Å². The summed E-state index contributed by atoms with van der Waals surface area (Å²) >= 11 is 0. The molecule has 4 heteroatoms. The molecule has 0 bridgehead atoms. The number of nitrogens with zero attached hydrogens (tertiary/aromatic N) is 2. The minimum absolute atomic E-state index is 0.965. The van der Waals surface area contributed by atoms with Crippen molar-refractivity contribution in [2.24, 2.45) is 9.49 Å². The van der Waals surface area contributed by atoms with E-state index in [4.69, 9.17) is 9.49 Å². The topological polar surface area (TPSA) is 24.7 Å². The lowest BCUT2D eigenvalue weighted by molar-refractivity contribution is 1.56. The molecule has 0 unspecified atom stereocenters. The molecule has 0 aliphatic heterocycles. The van der Waals surface area contributed by atoms with Crippen LogP contribution in [0.3, 0.4) is 0 Å². The molecule has 0 aromatic heterocycles. The normalized spacial score (nSPS) is 11.6. The van der Waals surface area contributed by atoms with E-state index in [-0.39, 0.29) is 0 Å². The predicted molar refractivity (Wildman–Crippen MR) is 218 cm³/mol. The van der Waals surface area contributed by atoms with Crippen LogP contribution >= 0.6 is 14.1 Å². The molecule has 0 amide bonds. The molecule has 0 radical (unpaired) electrons. The van der Waals surface area contributed by atoms with Crippen LogP contribution in [0.15, 0.2) is 228 Å². The van der Waals surface area contributed by atoms with E-state index < -0.39 is 14.1 Å². The molecule has 2 nitrogen and oxygen atoms in total. The van der Waals surface area contributed by atoms with Gasteiger partial charge in [0.25, 0.3) is 0 Å². The SMILES string of the molecule is c1ccc(P(=Nc2cccc3c(N=P(c4ccccc4)(c4ccccc4)c4ccccc4)cccc23)(c2ccccc2)c2ccccc2)cc1. The number of fused-ring (bicyclic) bond motifs is 1. The van der Waals surface area contributed by atoms with Crippen molar-refractivity contribution >= 4 is 68.1 Å². The average Bonchev–Trinajstić information content (AvgIpc) is 3.21. The van der Waals surface area contributed by atoms with E-state index in [9.17, 15) is 0 Å². The van der Waals surface area contributed by atoms with Crippen LogP contribution in [0.5, 0.6) is 0 Å². The summed E-state index contributed by atoms with van der Waals surface area (Å²) in [6.45, 7) is 0. The minimum Gasteiger partial charge on any atom is -0.253 e. The van der Waals surface area contributed by atoms with Crippen molar-refractivity contribution in [2.75, 3.05) is 0 Å². The Hall–Kier alpha value is -5.52. The van der Waals surface area contributed by atoms with E-state index in [0.717, 1.165) is 22.1 Å². The van der Waals surface area contributed by atoms with E-state index in [2.05, 4.69) is 218 Å². The Kier molecular flexibility index (Phi) is 8.98. The zero-order valence-electron chi connectivity index (χ0n) is 27.6. The fourth-order valence-electron chi connectivity index (χ4n) is 6.88. The Morgan fingerprint density at radius 2 is 0.440 bits per heavy atom. The van der Waals surface area contributed by atoms with Gasteiger partial charge in [-0.1, -0.05) is 206 Å². The van der Waals surface area contributed by atoms with Gasteiger partial charge in [-0.05, 0) is 12.1 Å². The highest BCUT2D eigenvalue weighted by Crippen LogP contribution is 2.53.